The van der Waals surface area contributed by atoms with Crippen molar-refractivity contribution in [3.05, 3.63) is 53.2 Å². The highest BCUT2D eigenvalue weighted by molar-refractivity contribution is 7.54. The van der Waals surface area contributed by atoms with Crippen molar-refractivity contribution in [2.24, 2.45) is 4.36 Å². The van der Waals surface area contributed by atoms with Crippen molar-refractivity contribution in [2.75, 3.05) is 7.11 Å². The smallest absolute Gasteiger partial charge is 0.435 e. The number of methoxy groups -OCH3 is 1. The van der Waals surface area contributed by atoms with Crippen LogP contribution >= 0.6 is 0 Å². The number of phenolic OH excluding ortho intramolecular Hbond substituents is 1. The Morgan fingerprint density at radius 1 is 1.17 bits per heavy atom. The summed E-state index contributed by atoms with van der Waals surface area (Å²) in [4.78, 5) is 0. The van der Waals surface area contributed by atoms with E-state index in [1.165, 1.54) is 25.3 Å². The molecule has 10 heteroatoms. The maximum atomic E-state index is 13.4. The van der Waals surface area contributed by atoms with Crippen LogP contribution in [0.2, 0.25) is 0 Å². The van der Waals surface area contributed by atoms with Crippen LogP contribution in [0.3, 0.4) is 0 Å². The third-order valence-corrected chi connectivity index (χ3v) is 4.69. The van der Waals surface area contributed by atoms with Gasteiger partial charge in [-0.05, 0) is 49.7 Å². The molecule has 2 aromatic carbocycles. The number of nitrogens with zero attached hydrogens (tertiary/aromatic N) is 3. The van der Waals surface area contributed by atoms with E-state index in [1.54, 1.807) is 26.0 Å². The lowest BCUT2D eigenvalue weighted by Crippen LogP contribution is -2.08. The zero-order chi connectivity index (χ0) is 21.3. The molecule has 6 nitrogen and oxygen atoms in total. The number of phenols is 1. The van der Waals surface area contributed by atoms with Crippen molar-refractivity contribution in [3.63, 3.8) is 0 Å². The Labute approximate surface area is 167 Å². The SMILES string of the molecule is COc1ccc(-c2cc(C(F)(F)F)nn2-c2ccc(C)c(N=S=O)c2C)cc1O. The van der Waals surface area contributed by atoms with E-state index < -0.39 is 11.9 Å². The quantitative estimate of drug-likeness (QED) is 0.646. The standard InChI is InChI=1S/C19H16F3N3O3S/c1-10-4-6-13(11(2)18(10)24-29-27)25-14(9-17(23-25)19(20,21)22)12-5-7-16(28-3)15(26)8-12/h4-9,26H,1-3H3. The predicted octanol–water partition coefficient (Wildman–Crippen LogP) is 4.92. The highest BCUT2D eigenvalue weighted by Gasteiger charge is 2.35. The topological polar surface area (TPSA) is 76.7 Å². The first-order valence-electron chi connectivity index (χ1n) is 8.32. The lowest BCUT2D eigenvalue weighted by Gasteiger charge is -2.14. The summed E-state index contributed by atoms with van der Waals surface area (Å²) in [6, 6.07) is 8.44. The van der Waals surface area contributed by atoms with Gasteiger partial charge in [0.1, 0.15) is 0 Å². The summed E-state index contributed by atoms with van der Waals surface area (Å²) in [6.07, 6.45) is -4.66. The van der Waals surface area contributed by atoms with Crippen molar-refractivity contribution in [1.29, 1.82) is 0 Å². The highest BCUT2D eigenvalue weighted by Crippen LogP contribution is 2.38. The van der Waals surface area contributed by atoms with Crippen LogP contribution in [0.5, 0.6) is 11.5 Å². The summed E-state index contributed by atoms with van der Waals surface area (Å²) in [5.74, 6) is -0.0266. The molecule has 152 valence electrons. The minimum atomic E-state index is -4.66. The summed E-state index contributed by atoms with van der Waals surface area (Å²) in [7, 11) is 1.37. The Morgan fingerprint density at radius 3 is 2.48 bits per heavy atom. The summed E-state index contributed by atoms with van der Waals surface area (Å²) < 4.78 is 61.0. The molecule has 0 spiro atoms. The Balaban J connectivity index is 2.30. The molecule has 1 aromatic heterocycles. The molecule has 0 saturated heterocycles. The average Bonchev–Trinajstić information content (AvgIpc) is 3.10. The molecule has 0 atom stereocenters. The Kier molecular flexibility index (Phi) is 5.47. The maximum absolute atomic E-state index is 13.4. The van der Waals surface area contributed by atoms with Crippen LogP contribution in [0, 0.1) is 13.8 Å². The van der Waals surface area contributed by atoms with E-state index >= 15 is 0 Å². The molecule has 0 aliphatic carbocycles. The second-order valence-electron chi connectivity index (χ2n) is 6.25. The number of aryl methyl sites for hydroxylation is 1. The van der Waals surface area contributed by atoms with Crippen molar-refractivity contribution in [3.8, 4) is 28.4 Å². The van der Waals surface area contributed by atoms with Crippen LogP contribution in [0.15, 0.2) is 40.8 Å². The molecule has 0 saturated carbocycles. The summed E-state index contributed by atoms with van der Waals surface area (Å²) in [5, 5.41) is 13.8. The Bertz CT molecular complexity index is 1140. The number of benzene rings is 2. The third-order valence-electron chi connectivity index (χ3n) is 4.44. The second-order valence-corrected chi connectivity index (χ2v) is 6.58. The van der Waals surface area contributed by atoms with Crippen LogP contribution in [0.4, 0.5) is 18.9 Å². The lowest BCUT2D eigenvalue weighted by atomic mass is 10.1. The molecule has 0 aliphatic heterocycles. The van der Waals surface area contributed by atoms with Crippen molar-refractivity contribution < 1.29 is 27.2 Å². The zero-order valence-electron chi connectivity index (χ0n) is 15.6. The molecule has 0 aliphatic rings. The Morgan fingerprint density at radius 2 is 1.90 bits per heavy atom. The number of hydrogen-bond acceptors (Lipinski definition) is 5. The molecule has 1 heterocycles. The average molecular weight is 423 g/mol. The normalized spacial score (nSPS) is 11.4. The summed E-state index contributed by atoms with van der Waals surface area (Å²) in [5.41, 5.74) is 1.27. The van der Waals surface area contributed by atoms with E-state index in [0.717, 1.165) is 10.7 Å². The minimum absolute atomic E-state index is 0.0214. The first-order valence-corrected chi connectivity index (χ1v) is 9.02. The molecule has 0 bridgehead atoms. The fraction of sp³-hybridized carbons (Fsp3) is 0.211. The minimum Gasteiger partial charge on any atom is -0.504 e. The fourth-order valence-electron chi connectivity index (χ4n) is 2.99. The molecule has 29 heavy (non-hydrogen) atoms. The third kappa shape index (κ3) is 3.88. The summed E-state index contributed by atoms with van der Waals surface area (Å²) >= 11 is 0.0214. The van der Waals surface area contributed by atoms with Gasteiger partial charge in [0.05, 0.1) is 24.2 Å². The number of aromatic nitrogens is 2. The van der Waals surface area contributed by atoms with Crippen LogP contribution in [0.1, 0.15) is 16.8 Å². The number of alkyl halides is 3. The van der Waals surface area contributed by atoms with Gasteiger partial charge < -0.3 is 9.84 Å². The van der Waals surface area contributed by atoms with Gasteiger partial charge in [0.2, 0.25) is 11.5 Å². The first kappa shape index (κ1) is 20.6. The number of rotatable bonds is 4. The van der Waals surface area contributed by atoms with Gasteiger partial charge in [0.25, 0.3) is 0 Å². The molecule has 1 N–H and O–H groups in total. The van der Waals surface area contributed by atoms with E-state index in [4.69, 9.17) is 4.74 Å². The lowest BCUT2D eigenvalue weighted by molar-refractivity contribution is -0.141. The largest absolute Gasteiger partial charge is 0.504 e. The monoisotopic (exact) mass is 423 g/mol. The van der Waals surface area contributed by atoms with E-state index in [1.807, 2.05) is 0 Å². The predicted molar refractivity (Wildman–Crippen MR) is 102 cm³/mol. The second kappa shape index (κ2) is 7.70. The van der Waals surface area contributed by atoms with Gasteiger partial charge in [-0.3, -0.25) is 0 Å². The van der Waals surface area contributed by atoms with Crippen molar-refractivity contribution >= 4 is 17.2 Å². The molecule has 3 rings (SSSR count). The van der Waals surface area contributed by atoms with Gasteiger partial charge in [-0.2, -0.15) is 26.8 Å². The molecular formula is C19H16F3N3O3S. The molecule has 0 unspecified atom stereocenters. The fourth-order valence-corrected chi connectivity index (χ4v) is 3.35. The molecule has 0 amide bonds. The summed E-state index contributed by atoms with van der Waals surface area (Å²) in [6.45, 7) is 3.40. The van der Waals surface area contributed by atoms with Crippen LogP contribution in [0.25, 0.3) is 16.9 Å². The molecule has 0 fully saturated rings. The number of ether oxygens (including phenoxy) is 1. The number of aromatic hydroxyl groups is 1. The first-order chi connectivity index (χ1) is 13.7. The van der Waals surface area contributed by atoms with Crippen molar-refractivity contribution in [2.45, 2.75) is 20.0 Å². The van der Waals surface area contributed by atoms with Crippen molar-refractivity contribution in [1.82, 2.24) is 9.78 Å². The van der Waals surface area contributed by atoms with Gasteiger partial charge in [0, 0.05) is 11.1 Å². The van der Waals surface area contributed by atoms with Crippen LogP contribution in [-0.2, 0) is 17.6 Å². The molecule has 3 aromatic rings. The number of halogens is 3. The van der Waals surface area contributed by atoms with E-state index in [0.29, 0.717) is 28.1 Å². The zero-order valence-corrected chi connectivity index (χ0v) is 16.4. The maximum Gasteiger partial charge on any atom is 0.435 e. The van der Waals surface area contributed by atoms with Gasteiger partial charge in [-0.15, -0.1) is 0 Å². The van der Waals surface area contributed by atoms with Crippen LogP contribution < -0.4 is 4.74 Å². The molecular weight excluding hydrogens is 407 g/mol. The van der Waals surface area contributed by atoms with E-state index in [2.05, 4.69) is 9.46 Å². The van der Waals surface area contributed by atoms with E-state index in [9.17, 15) is 22.5 Å². The van der Waals surface area contributed by atoms with Gasteiger partial charge >= 0.3 is 6.18 Å². The van der Waals surface area contributed by atoms with Crippen LogP contribution in [-0.4, -0.2) is 26.2 Å². The van der Waals surface area contributed by atoms with Gasteiger partial charge in [-0.1, -0.05) is 6.07 Å². The van der Waals surface area contributed by atoms with Gasteiger partial charge in [-0.25, -0.2) is 4.68 Å². The van der Waals surface area contributed by atoms with E-state index in [-0.39, 0.29) is 28.7 Å². The molecule has 0 radical (unpaired) electrons. The Hall–Kier alpha value is -3.14. The van der Waals surface area contributed by atoms with Gasteiger partial charge in [0.15, 0.2) is 17.2 Å². The number of hydrogen-bond donors (Lipinski definition) is 1. The highest BCUT2D eigenvalue weighted by atomic mass is 32.1.